The van der Waals surface area contributed by atoms with E-state index in [2.05, 4.69) is 4.72 Å². The van der Waals surface area contributed by atoms with E-state index >= 15 is 0 Å². The standard InChI is InChI=1S/C16H23N3O5S/c1-13-12-14(19(21)22)7-8-15(13)25(23,24)17-9-5-11-18-10-4-2-3-6-16(18)20/h7-8,12,17H,2-6,9-11H2,1H3. The third-order valence-electron chi connectivity index (χ3n) is 4.23. The Labute approximate surface area is 147 Å². The lowest BCUT2D eigenvalue weighted by Gasteiger charge is -2.20. The number of non-ortho nitro benzene ring substituents is 1. The van der Waals surface area contributed by atoms with Crippen molar-refractivity contribution in [3.63, 3.8) is 0 Å². The highest BCUT2D eigenvalue weighted by Crippen LogP contribution is 2.21. The van der Waals surface area contributed by atoms with Crippen LogP contribution in [0, 0.1) is 17.0 Å². The number of amides is 1. The largest absolute Gasteiger partial charge is 0.343 e. The summed E-state index contributed by atoms with van der Waals surface area (Å²) in [4.78, 5) is 23.9. The molecule has 8 nitrogen and oxygen atoms in total. The van der Waals surface area contributed by atoms with E-state index in [9.17, 15) is 23.3 Å². The van der Waals surface area contributed by atoms with Gasteiger partial charge in [-0.05, 0) is 37.8 Å². The molecule has 1 N–H and O–H groups in total. The summed E-state index contributed by atoms with van der Waals surface area (Å²) >= 11 is 0. The molecule has 0 aliphatic carbocycles. The lowest BCUT2D eigenvalue weighted by atomic mass is 10.2. The van der Waals surface area contributed by atoms with E-state index in [1.165, 1.54) is 25.1 Å². The Morgan fingerprint density at radius 3 is 2.72 bits per heavy atom. The van der Waals surface area contributed by atoms with E-state index < -0.39 is 14.9 Å². The first-order valence-electron chi connectivity index (χ1n) is 8.34. The van der Waals surface area contributed by atoms with Crippen molar-refractivity contribution in [1.82, 2.24) is 9.62 Å². The van der Waals surface area contributed by atoms with Gasteiger partial charge < -0.3 is 4.90 Å². The Bertz CT molecular complexity index is 748. The van der Waals surface area contributed by atoms with E-state index in [4.69, 9.17) is 0 Å². The SMILES string of the molecule is Cc1cc([N+](=O)[O-])ccc1S(=O)(=O)NCCCN1CCCCCC1=O. The van der Waals surface area contributed by atoms with Gasteiger partial charge >= 0.3 is 0 Å². The Morgan fingerprint density at radius 1 is 1.28 bits per heavy atom. The van der Waals surface area contributed by atoms with Gasteiger partial charge in [0.2, 0.25) is 15.9 Å². The molecule has 1 aliphatic rings. The molecule has 2 rings (SSSR count). The number of rotatable bonds is 7. The minimum absolute atomic E-state index is 0.0314. The second-order valence-corrected chi connectivity index (χ2v) is 7.89. The Balaban J connectivity index is 1.91. The molecule has 9 heteroatoms. The first-order chi connectivity index (χ1) is 11.8. The summed E-state index contributed by atoms with van der Waals surface area (Å²) < 4.78 is 27.2. The van der Waals surface area contributed by atoms with Crippen LogP contribution in [0.3, 0.4) is 0 Å². The lowest BCUT2D eigenvalue weighted by Crippen LogP contribution is -2.34. The molecule has 0 atom stereocenters. The summed E-state index contributed by atoms with van der Waals surface area (Å²) in [5.74, 6) is 0.131. The van der Waals surface area contributed by atoms with Gasteiger partial charge in [-0.2, -0.15) is 0 Å². The number of sulfonamides is 1. The smallest absolute Gasteiger partial charge is 0.269 e. The molecule has 1 amide bonds. The molecule has 0 saturated carbocycles. The van der Waals surface area contributed by atoms with E-state index in [1.807, 2.05) is 0 Å². The number of carbonyl (C=O) groups is 1. The maximum Gasteiger partial charge on any atom is 0.269 e. The fourth-order valence-electron chi connectivity index (χ4n) is 2.88. The van der Waals surface area contributed by atoms with Crippen molar-refractivity contribution in [3.8, 4) is 0 Å². The van der Waals surface area contributed by atoms with Gasteiger partial charge in [0.25, 0.3) is 5.69 Å². The molecule has 1 aromatic rings. The van der Waals surface area contributed by atoms with Crippen LogP contribution in [-0.2, 0) is 14.8 Å². The van der Waals surface area contributed by atoms with Crippen molar-refractivity contribution in [2.75, 3.05) is 19.6 Å². The molecule has 25 heavy (non-hydrogen) atoms. The fourth-order valence-corrected chi connectivity index (χ4v) is 4.18. The molecule has 1 fully saturated rings. The highest BCUT2D eigenvalue weighted by molar-refractivity contribution is 7.89. The molecule has 0 unspecified atom stereocenters. The van der Waals surface area contributed by atoms with Gasteiger partial charge in [-0.25, -0.2) is 13.1 Å². The first-order valence-corrected chi connectivity index (χ1v) is 9.82. The third-order valence-corrected chi connectivity index (χ3v) is 5.85. The second kappa shape index (κ2) is 8.39. The molecule has 0 bridgehead atoms. The molecular formula is C16H23N3O5S. The van der Waals surface area contributed by atoms with Crippen LogP contribution in [-0.4, -0.2) is 43.8 Å². The zero-order valence-corrected chi connectivity index (χ0v) is 15.0. The highest BCUT2D eigenvalue weighted by Gasteiger charge is 2.20. The highest BCUT2D eigenvalue weighted by atomic mass is 32.2. The number of aryl methyl sites for hydroxylation is 1. The van der Waals surface area contributed by atoms with Crippen molar-refractivity contribution in [2.45, 2.75) is 43.9 Å². The zero-order chi connectivity index (χ0) is 18.4. The molecule has 1 heterocycles. The van der Waals surface area contributed by atoms with Crippen LogP contribution in [0.5, 0.6) is 0 Å². The summed E-state index contributed by atoms with van der Waals surface area (Å²) in [5.41, 5.74) is 0.181. The summed E-state index contributed by atoms with van der Waals surface area (Å²) in [5, 5.41) is 10.7. The van der Waals surface area contributed by atoms with Crippen LogP contribution < -0.4 is 4.72 Å². The van der Waals surface area contributed by atoms with E-state index in [-0.39, 0.29) is 23.0 Å². The molecule has 1 saturated heterocycles. The van der Waals surface area contributed by atoms with Crippen LogP contribution >= 0.6 is 0 Å². The molecule has 0 aromatic heterocycles. The predicted molar refractivity (Wildman–Crippen MR) is 92.7 cm³/mol. The molecule has 0 radical (unpaired) electrons. The van der Waals surface area contributed by atoms with Gasteiger partial charge in [0.05, 0.1) is 9.82 Å². The van der Waals surface area contributed by atoms with Gasteiger partial charge in [0, 0.05) is 38.2 Å². The van der Waals surface area contributed by atoms with Crippen molar-refractivity contribution in [1.29, 1.82) is 0 Å². The minimum atomic E-state index is -3.73. The third kappa shape index (κ3) is 5.23. The van der Waals surface area contributed by atoms with Crippen LogP contribution in [0.15, 0.2) is 23.1 Å². The van der Waals surface area contributed by atoms with Crippen molar-refractivity contribution >= 4 is 21.6 Å². The zero-order valence-electron chi connectivity index (χ0n) is 14.2. The maximum absolute atomic E-state index is 12.3. The molecule has 0 spiro atoms. The van der Waals surface area contributed by atoms with Crippen molar-refractivity contribution in [3.05, 3.63) is 33.9 Å². The monoisotopic (exact) mass is 369 g/mol. The minimum Gasteiger partial charge on any atom is -0.343 e. The van der Waals surface area contributed by atoms with Gasteiger partial charge in [-0.1, -0.05) is 6.42 Å². The number of carbonyl (C=O) groups excluding carboxylic acids is 1. The first kappa shape index (κ1) is 19.3. The van der Waals surface area contributed by atoms with Gasteiger partial charge in [0.15, 0.2) is 0 Å². The topological polar surface area (TPSA) is 110 Å². The number of nitrogens with one attached hydrogen (secondary N) is 1. The number of hydrogen-bond acceptors (Lipinski definition) is 5. The molecule has 1 aliphatic heterocycles. The second-order valence-electron chi connectivity index (χ2n) is 6.15. The Morgan fingerprint density at radius 2 is 2.04 bits per heavy atom. The molecule has 138 valence electrons. The van der Waals surface area contributed by atoms with Gasteiger partial charge in [0.1, 0.15) is 0 Å². The van der Waals surface area contributed by atoms with E-state index in [1.54, 1.807) is 4.90 Å². The Hall–Kier alpha value is -2.00. The lowest BCUT2D eigenvalue weighted by molar-refractivity contribution is -0.385. The summed E-state index contributed by atoms with van der Waals surface area (Å²) in [6.07, 6.45) is 4.04. The number of likely N-dealkylation sites (tertiary alicyclic amines) is 1. The number of hydrogen-bond donors (Lipinski definition) is 1. The van der Waals surface area contributed by atoms with E-state index in [0.29, 0.717) is 24.9 Å². The van der Waals surface area contributed by atoms with Crippen LogP contribution in [0.4, 0.5) is 5.69 Å². The maximum atomic E-state index is 12.3. The average Bonchev–Trinajstić information content (AvgIpc) is 2.75. The van der Waals surface area contributed by atoms with Gasteiger partial charge in [-0.15, -0.1) is 0 Å². The van der Waals surface area contributed by atoms with Crippen molar-refractivity contribution < 1.29 is 18.1 Å². The normalized spacial score (nSPS) is 15.9. The van der Waals surface area contributed by atoms with Crippen molar-refractivity contribution in [2.24, 2.45) is 0 Å². The number of benzene rings is 1. The molecule has 1 aromatic carbocycles. The van der Waals surface area contributed by atoms with Crippen LogP contribution in [0.25, 0.3) is 0 Å². The van der Waals surface area contributed by atoms with Crippen LogP contribution in [0.1, 0.15) is 37.7 Å². The number of nitro benzene ring substituents is 1. The number of nitro groups is 1. The van der Waals surface area contributed by atoms with E-state index in [0.717, 1.165) is 25.8 Å². The predicted octanol–water partition coefficient (Wildman–Crippen LogP) is 1.97. The average molecular weight is 369 g/mol. The fraction of sp³-hybridized carbons (Fsp3) is 0.562. The van der Waals surface area contributed by atoms with Crippen LogP contribution in [0.2, 0.25) is 0 Å². The molecular weight excluding hydrogens is 346 g/mol. The Kier molecular flexibility index (Phi) is 6.49. The van der Waals surface area contributed by atoms with Gasteiger partial charge in [-0.3, -0.25) is 14.9 Å². The summed E-state index contributed by atoms with van der Waals surface area (Å²) in [6.45, 7) is 2.99. The summed E-state index contributed by atoms with van der Waals surface area (Å²) in [6, 6.07) is 3.66. The number of nitrogens with zero attached hydrogens (tertiary/aromatic N) is 2. The summed E-state index contributed by atoms with van der Waals surface area (Å²) in [7, 11) is -3.73. The quantitative estimate of drug-likeness (QED) is 0.449.